The van der Waals surface area contributed by atoms with E-state index in [0.717, 1.165) is 27.7 Å². The van der Waals surface area contributed by atoms with Crippen molar-refractivity contribution < 1.29 is 4.79 Å². The number of aryl methyl sites for hydroxylation is 2. The van der Waals surface area contributed by atoms with Gasteiger partial charge in [0.05, 0.1) is 0 Å². The first-order valence-corrected chi connectivity index (χ1v) is 6.10. The highest BCUT2D eigenvalue weighted by molar-refractivity contribution is 9.10. The summed E-state index contributed by atoms with van der Waals surface area (Å²) < 4.78 is 1.03. The van der Waals surface area contributed by atoms with Gasteiger partial charge in [0, 0.05) is 16.6 Å². The Balaban J connectivity index is 2.77. The number of carbonyl (C=O) groups is 1. The van der Waals surface area contributed by atoms with Crippen LogP contribution in [0.3, 0.4) is 0 Å². The van der Waals surface area contributed by atoms with Crippen molar-refractivity contribution >= 4 is 27.5 Å². The number of nitrogens with two attached hydrogens (primary N) is 1. The van der Waals surface area contributed by atoms with E-state index in [2.05, 4.69) is 21.2 Å². The van der Waals surface area contributed by atoms with Gasteiger partial charge in [-0.25, -0.2) is 0 Å². The van der Waals surface area contributed by atoms with Gasteiger partial charge in [-0.15, -0.1) is 0 Å². The van der Waals surface area contributed by atoms with Crippen LogP contribution in [0.1, 0.15) is 24.0 Å². The molecule has 16 heavy (non-hydrogen) atoms. The zero-order chi connectivity index (χ0) is 12.1. The molecule has 0 heterocycles. The third-order valence-electron chi connectivity index (χ3n) is 2.37. The number of amides is 1. The van der Waals surface area contributed by atoms with Crippen LogP contribution in [0.5, 0.6) is 0 Å². The van der Waals surface area contributed by atoms with E-state index in [1.54, 1.807) is 0 Å². The van der Waals surface area contributed by atoms with Crippen molar-refractivity contribution in [1.29, 1.82) is 0 Å². The van der Waals surface area contributed by atoms with E-state index in [0.29, 0.717) is 13.0 Å². The Kier molecular flexibility index (Phi) is 4.96. The summed E-state index contributed by atoms with van der Waals surface area (Å²) in [6.07, 6.45) is 1.20. The summed E-state index contributed by atoms with van der Waals surface area (Å²) in [5.74, 6) is 0.0268. The Morgan fingerprint density at radius 3 is 2.44 bits per heavy atom. The number of halogens is 1. The highest BCUT2D eigenvalue weighted by atomic mass is 79.9. The summed E-state index contributed by atoms with van der Waals surface area (Å²) in [4.78, 5) is 11.6. The molecule has 1 aromatic rings. The maximum absolute atomic E-state index is 11.6. The standard InChI is InChI=1S/C12H17BrN2O/c1-8-6-10(13)7-9(2)12(8)15-11(16)4-3-5-14/h6-7H,3-5,14H2,1-2H3,(H,15,16). The minimum absolute atomic E-state index is 0.0268. The molecule has 0 unspecified atom stereocenters. The first kappa shape index (κ1) is 13.2. The zero-order valence-electron chi connectivity index (χ0n) is 9.64. The van der Waals surface area contributed by atoms with Crippen LogP contribution in [0.2, 0.25) is 0 Å². The van der Waals surface area contributed by atoms with Crippen molar-refractivity contribution in [3.05, 3.63) is 27.7 Å². The van der Waals surface area contributed by atoms with E-state index in [1.165, 1.54) is 0 Å². The Hall–Kier alpha value is -0.870. The lowest BCUT2D eigenvalue weighted by Crippen LogP contribution is -2.15. The molecule has 0 bridgehead atoms. The molecule has 3 N–H and O–H groups in total. The van der Waals surface area contributed by atoms with Gasteiger partial charge in [-0.05, 0) is 50.1 Å². The summed E-state index contributed by atoms with van der Waals surface area (Å²) in [6.45, 7) is 4.51. The molecular formula is C12H17BrN2O. The average molecular weight is 285 g/mol. The van der Waals surface area contributed by atoms with E-state index < -0.39 is 0 Å². The van der Waals surface area contributed by atoms with Crippen molar-refractivity contribution in [3.8, 4) is 0 Å². The first-order chi connectivity index (χ1) is 7.54. The summed E-state index contributed by atoms with van der Waals surface area (Å²) in [6, 6.07) is 3.98. The summed E-state index contributed by atoms with van der Waals surface area (Å²) >= 11 is 3.43. The van der Waals surface area contributed by atoms with Crippen LogP contribution in [0.25, 0.3) is 0 Å². The molecule has 0 fully saturated rings. The Bertz CT molecular complexity index is 368. The van der Waals surface area contributed by atoms with Crippen molar-refractivity contribution in [2.75, 3.05) is 11.9 Å². The van der Waals surface area contributed by atoms with Crippen LogP contribution >= 0.6 is 15.9 Å². The zero-order valence-corrected chi connectivity index (χ0v) is 11.2. The Morgan fingerprint density at radius 2 is 1.94 bits per heavy atom. The van der Waals surface area contributed by atoms with Gasteiger partial charge < -0.3 is 11.1 Å². The number of rotatable bonds is 4. The normalized spacial score (nSPS) is 10.2. The molecule has 88 valence electrons. The molecule has 0 saturated heterocycles. The predicted octanol–water partition coefficient (Wildman–Crippen LogP) is 2.74. The van der Waals surface area contributed by atoms with Gasteiger partial charge in [-0.3, -0.25) is 4.79 Å². The predicted molar refractivity (Wildman–Crippen MR) is 70.5 cm³/mol. The topological polar surface area (TPSA) is 55.1 Å². The molecule has 0 spiro atoms. The van der Waals surface area contributed by atoms with E-state index in [-0.39, 0.29) is 5.91 Å². The molecule has 0 aromatic heterocycles. The molecule has 0 radical (unpaired) electrons. The Morgan fingerprint density at radius 1 is 1.38 bits per heavy atom. The number of benzene rings is 1. The first-order valence-electron chi connectivity index (χ1n) is 5.31. The van der Waals surface area contributed by atoms with Crippen molar-refractivity contribution in [2.45, 2.75) is 26.7 Å². The van der Waals surface area contributed by atoms with Crippen LogP contribution in [-0.2, 0) is 4.79 Å². The van der Waals surface area contributed by atoms with Crippen LogP contribution in [0, 0.1) is 13.8 Å². The molecule has 1 rings (SSSR count). The maximum Gasteiger partial charge on any atom is 0.224 e. The minimum atomic E-state index is 0.0268. The third kappa shape index (κ3) is 3.61. The maximum atomic E-state index is 11.6. The molecule has 1 amide bonds. The molecular weight excluding hydrogens is 268 g/mol. The molecule has 3 nitrogen and oxygen atoms in total. The average Bonchev–Trinajstić information content (AvgIpc) is 2.20. The van der Waals surface area contributed by atoms with Gasteiger partial charge in [-0.2, -0.15) is 0 Å². The van der Waals surface area contributed by atoms with Gasteiger partial charge >= 0.3 is 0 Å². The van der Waals surface area contributed by atoms with Gasteiger partial charge in [-0.1, -0.05) is 15.9 Å². The minimum Gasteiger partial charge on any atom is -0.330 e. The summed E-state index contributed by atoms with van der Waals surface area (Å²) in [5, 5.41) is 2.93. The number of hydrogen-bond acceptors (Lipinski definition) is 2. The number of hydrogen-bond donors (Lipinski definition) is 2. The van der Waals surface area contributed by atoms with Gasteiger partial charge in [0.25, 0.3) is 0 Å². The monoisotopic (exact) mass is 284 g/mol. The second-order valence-electron chi connectivity index (χ2n) is 3.85. The summed E-state index contributed by atoms with van der Waals surface area (Å²) in [7, 11) is 0. The number of anilines is 1. The molecule has 4 heteroatoms. The van der Waals surface area contributed by atoms with Gasteiger partial charge in [0.1, 0.15) is 0 Å². The quantitative estimate of drug-likeness (QED) is 0.893. The lowest BCUT2D eigenvalue weighted by molar-refractivity contribution is -0.116. The molecule has 0 saturated carbocycles. The molecule has 0 atom stereocenters. The second-order valence-corrected chi connectivity index (χ2v) is 4.77. The molecule has 0 aliphatic carbocycles. The van der Waals surface area contributed by atoms with Crippen molar-refractivity contribution in [3.63, 3.8) is 0 Å². The van der Waals surface area contributed by atoms with Crippen molar-refractivity contribution in [2.24, 2.45) is 5.73 Å². The SMILES string of the molecule is Cc1cc(Br)cc(C)c1NC(=O)CCCN. The highest BCUT2D eigenvalue weighted by Crippen LogP contribution is 2.25. The fraction of sp³-hybridized carbons (Fsp3) is 0.417. The molecule has 0 aliphatic rings. The Labute approximate surface area is 105 Å². The van der Waals surface area contributed by atoms with Gasteiger partial charge in [0.2, 0.25) is 5.91 Å². The van der Waals surface area contributed by atoms with E-state index in [9.17, 15) is 4.79 Å². The van der Waals surface area contributed by atoms with E-state index >= 15 is 0 Å². The molecule has 0 aliphatic heterocycles. The van der Waals surface area contributed by atoms with Crippen LogP contribution in [0.4, 0.5) is 5.69 Å². The fourth-order valence-corrected chi connectivity index (χ4v) is 2.26. The van der Waals surface area contributed by atoms with Gasteiger partial charge in [0.15, 0.2) is 0 Å². The van der Waals surface area contributed by atoms with E-state index in [1.807, 2.05) is 26.0 Å². The lowest BCUT2D eigenvalue weighted by Gasteiger charge is -2.12. The lowest BCUT2D eigenvalue weighted by atomic mass is 10.1. The molecule has 1 aromatic carbocycles. The summed E-state index contributed by atoms with van der Waals surface area (Å²) in [5.41, 5.74) is 8.40. The number of nitrogens with one attached hydrogen (secondary N) is 1. The second kappa shape index (κ2) is 6.01. The van der Waals surface area contributed by atoms with Crippen molar-refractivity contribution in [1.82, 2.24) is 0 Å². The fourth-order valence-electron chi connectivity index (χ4n) is 1.57. The van der Waals surface area contributed by atoms with E-state index in [4.69, 9.17) is 5.73 Å². The smallest absolute Gasteiger partial charge is 0.224 e. The number of carbonyl (C=O) groups excluding carboxylic acids is 1. The largest absolute Gasteiger partial charge is 0.330 e. The van der Waals surface area contributed by atoms with Crippen LogP contribution < -0.4 is 11.1 Å². The van der Waals surface area contributed by atoms with Crippen LogP contribution in [0.15, 0.2) is 16.6 Å². The van der Waals surface area contributed by atoms with Crippen LogP contribution in [-0.4, -0.2) is 12.5 Å². The third-order valence-corrected chi connectivity index (χ3v) is 2.83. The highest BCUT2D eigenvalue weighted by Gasteiger charge is 2.07.